The maximum absolute atomic E-state index is 13.2. The van der Waals surface area contributed by atoms with E-state index in [1.165, 1.54) is 6.07 Å². The van der Waals surface area contributed by atoms with Crippen LogP contribution in [0.1, 0.15) is 33.2 Å². The van der Waals surface area contributed by atoms with Crippen LogP contribution in [0.5, 0.6) is 11.5 Å². The first-order valence-electron chi connectivity index (χ1n) is 8.77. The first-order valence-corrected chi connectivity index (χ1v) is 8.77. The molecule has 1 atom stereocenters. The van der Waals surface area contributed by atoms with Crippen molar-refractivity contribution in [2.45, 2.75) is 19.6 Å². The number of hydrogen-bond acceptors (Lipinski definition) is 4. The van der Waals surface area contributed by atoms with Crippen molar-refractivity contribution in [1.82, 2.24) is 4.90 Å². The van der Waals surface area contributed by atoms with Gasteiger partial charge in [-0.2, -0.15) is 0 Å². The molecule has 3 N–H and O–H groups in total. The number of anilines is 1. The fourth-order valence-corrected chi connectivity index (χ4v) is 3.36. The van der Waals surface area contributed by atoms with E-state index in [-0.39, 0.29) is 17.4 Å². The van der Waals surface area contributed by atoms with Crippen LogP contribution in [0.25, 0.3) is 0 Å². The van der Waals surface area contributed by atoms with Crippen molar-refractivity contribution in [2.75, 3.05) is 5.32 Å². The maximum atomic E-state index is 13.2. The third-order valence-corrected chi connectivity index (χ3v) is 4.84. The standard InChI is InChI=1S/C22H20N2O3/c1-14-9-11-15(12-10-14)13-24-21(17-6-4-8-19(25)20(17)26)23-18-7-3-2-5-16(18)22(24)27/h2-12,21,23,25-26H,13H2,1H3/t21-/m0/s1. The number of carbonyl (C=O) groups is 1. The Bertz CT molecular complexity index is 999. The quantitative estimate of drug-likeness (QED) is 0.613. The van der Waals surface area contributed by atoms with E-state index < -0.39 is 6.17 Å². The van der Waals surface area contributed by atoms with Crippen LogP contribution in [0, 0.1) is 6.92 Å². The van der Waals surface area contributed by atoms with Gasteiger partial charge >= 0.3 is 0 Å². The molecule has 0 aliphatic carbocycles. The van der Waals surface area contributed by atoms with Crippen molar-refractivity contribution in [3.05, 3.63) is 89.0 Å². The highest BCUT2D eigenvalue weighted by atomic mass is 16.3. The molecule has 1 aliphatic heterocycles. The van der Waals surface area contributed by atoms with Gasteiger partial charge in [-0.3, -0.25) is 4.79 Å². The number of nitrogens with one attached hydrogen (secondary N) is 1. The van der Waals surface area contributed by atoms with Crippen molar-refractivity contribution in [1.29, 1.82) is 0 Å². The van der Waals surface area contributed by atoms with Crippen LogP contribution in [0.15, 0.2) is 66.7 Å². The van der Waals surface area contributed by atoms with Crippen molar-refractivity contribution in [3.8, 4) is 11.5 Å². The molecule has 0 saturated heterocycles. The molecule has 3 aromatic rings. The van der Waals surface area contributed by atoms with E-state index >= 15 is 0 Å². The average molecular weight is 360 g/mol. The van der Waals surface area contributed by atoms with Gasteiger partial charge in [-0.25, -0.2) is 0 Å². The van der Waals surface area contributed by atoms with Crippen molar-refractivity contribution in [3.63, 3.8) is 0 Å². The number of hydrogen-bond donors (Lipinski definition) is 3. The molecular weight excluding hydrogens is 340 g/mol. The minimum absolute atomic E-state index is 0.127. The summed E-state index contributed by atoms with van der Waals surface area (Å²) in [5.74, 6) is -0.565. The van der Waals surface area contributed by atoms with Gasteiger partial charge in [-0.1, -0.05) is 54.1 Å². The van der Waals surface area contributed by atoms with E-state index in [4.69, 9.17) is 0 Å². The van der Waals surface area contributed by atoms with Gasteiger partial charge in [0.25, 0.3) is 5.91 Å². The molecule has 0 aromatic heterocycles. The summed E-state index contributed by atoms with van der Waals surface area (Å²) in [6, 6.07) is 20.1. The molecule has 5 heteroatoms. The van der Waals surface area contributed by atoms with Gasteiger partial charge in [0.15, 0.2) is 11.5 Å². The monoisotopic (exact) mass is 360 g/mol. The van der Waals surface area contributed by atoms with Crippen LogP contribution in [0.2, 0.25) is 0 Å². The molecular formula is C22H20N2O3. The van der Waals surface area contributed by atoms with E-state index in [0.29, 0.717) is 23.4 Å². The number of para-hydroxylation sites is 2. The molecule has 5 nitrogen and oxygen atoms in total. The molecule has 0 saturated carbocycles. The lowest BCUT2D eigenvalue weighted by atomic mass is 10.0. The summed E-state index contributed by atoms with van der Waals surface area (Å²) in [5, 5.41) is 23.6. The van der Waals surface area contributed by atoms with Crippen LogP contribution < -0.4 is 5.32 Å². The molecule has 27 heavy (non-hydrogen) atoms. The van der Waals surface area contributed by atoms with E-state index in [1.807, 2.05) is 49.4 Å². The van der Waals surface area contributed by atoms with Crippen LogP contribution in [-0.2, 0) is 6.54 Å². The minimum atomic E-state index is -0.596. The number of carbonyl (C=O) groups excluding carboxylic acids is 1. The zero-order valence-corrected chi connectivity index (χ0v) is 14.9. The number of aryl methyl sites for hydroxylation is 1. The summed E-state index contributed by atoms with van der Waals surface area (Å²) in [4.78, 5) is 14.9. The molecule has 0 unspecified atom stereocenters. The third-order valence-electron chi connectivity index (χ3n) is 4.84. The topological polar surface area (TPSA) is 72.8 Å². The van der Waals surface area contributed by atoms with Crippen molar-refractivity contribution in [2.24, 2.45) is 0 Å². The lowest BCUT2D eigenvalue weighted by Crippen LogP contribution is -2.42. The smallest absolute Gasteiger partial charge is 0.258 e. The van der Waals surface area contributed by atoms with Gasteiger partial charge in [0.1, 0.15) is 6.17 Å². The lowest BCUT2D eigenvalue weighted by molar-refractivity contribution is 0.0664. The zero-order valence-electron chi connectivity index (χ0n) is 14.9. The Morgan fingerprint density at radius 2 is 1.70 bits per heavy atom. The zero-order chi connectivity index (χ0) is 19.0. The third kappa shape index (κ3) is 3.08. The molecule has 0 spiro atoms. The molecule has 1 heterocycles. The van der Waals surface area contributed by atoms with Gasteiger partial charge in [0.05, 0.1) is 5.56 Å². The normalized spacial score (nSPS) is 16.0. The number of aromatic hydroxyl groups is 2. The Morgan fingerprint density at radius 3 is 2.48 bits per heavy atom. The van der Waals surface area contributed by atoms with E-state index in [0.717, 1.165) is 11.1 Å². The molecule has 3 aromatic carbocycles. The summed E-state index contributed by atoms with van der Waals surface area (Å²) < 4.78 is 0. The highest BCUT2D eigenvalue weighted by Crippen LogP contribution is 2.40. The van der Waals surface area contributed by atoms with Gasteiger partial charge < -0.3 is 20.4 Å². The summed E-state index contributed by atoms with van der Waals surface area (Å²) in [5.41, 5.74) is 3.87. The number of nitrogens with zero attached hydrogens (tertiary/aromatic N) is 1. The Labute approximate surface area is 157 Å². The van der Waals surface area contributed by atoms with E-state index in [2.05, 4.69) is 5.32 Å². The van der Waals surface area contributed by atoms with Gasteiger partial charge in [-0.05, 0) is 30.7 Å². The van der Waals surface area contributed by atoms with Crippen molar-refractivity contribution >= 4 is 11.6 Å². The second-order valence-electron chi connectivity index (χ2n) is 6.73. The predicted octanol–water partition coefficient (Wildman–Crippen LogP) is 4.17. The Balaban J connectivity index is 1.79. The maximum Gasteiger partial charge on any atom is 0.258 e. The highest BCUT2D eigenvalue weighted by Gasteiger charge is 2.34. The molecule has 4 rings (SSSR count). The average Bonchev–Trinajstić information content (AvgIpc) is 2.68. The largest absolute Gasteiger partial charge is 0.504 e. The summed E-state index contributed by atoms with van der Waals surface area (Å²) in [7, 11) is 0. The fourth-order valence-electron chi connectivity index (χ4n) is 3.36. The molecule has 0 fully saturated rings. The molecule has 1 aliphatic rings. The predicted molar refractivity (Wildman–Crippen MR) is 104 cm³/mol. The molecule has 0 bridgehead atoms. The molecule has 0 radical (unpaired) electrons. The Hall–Kier alpha value is -3.47. The minimum Gasteiger partial charge on any atom is -0.504 e. The molecule has 136 valence electrons. The molecule has 1 amide bonds. The fraction of sp³-hybridized carbons (Fsp3) is 0.136. The van der Waals surface area contributed by atoms with Crippen LogP contribution in [0.4, 0.5) is 5.69 Å². The lowest BCUT2D eigenvalue weighted by Gasteiger charge is -2.38. The Morgan fingerprint density at radius 1 is 0.963 bits per heavy atom. The highest BCUT2D eigenvalue weighted by molar-refractivity contribution is 6.01. The SMILES string of the molecule is Cc1ccc(CN2C(=O)c3ccccc3N[C@@H]2c2cccc(O)c2O)cc1. The number of phenolic OH excluding ortho intramolecular Hbond substituents is 2. The van der Waals surface area contributed by atoms with E-state index in [1.54, 1.807) is 23.1 Å². The number of amides is 1. The number of fused-ring (bicyclic) bond motifs is 1. The number of benzene rings is 3. The van der Waals surface area contributed by atoms with Gasteiger partial charge in [0.2, 0.25) is 0 Å². The van der Waals surface area contributed by atoms with Crippen molar-refractivity contribution < 1.29 is 15.0 Å². The second-order valence-corrected chi connectivity index (χ2v) is 6.73. The van der Waals surface area contributed by atoms with Crippen LogP contribution in [0.3, 0.4) is 0 Å². The van der Waals surface area contributed by atoms with Crippen LogP contribution in [-0.4, -0.2) is 21.0 Å². The first-order chi connectivity index (χ1) is 13.0. The summed E-state index contributed by atoms with van der Waals surface area (Å²) in [6.07, 6.45) is -0.596. The first kappa shape index (κ1) is 17.0. The van der Waals surface area contributed by atoms with E-state index in [9.17, 15) is 15.0 Å². The van der Waals surface area contributed by atoms with Gasteiger partial charge in [-0.15, -0.1) is 0 Å². The summed E-state index contributed by atoms with van der Waals surface area (Å²) >= 11 is 0. The summed E-state index contributed by atoms with van der Waals surface area (Å²) in [6.45, 7) is 2.39. The Kier molecular flexibility index (Phi) is 4.20. The number of phenols is 2. The van der Waals surface area contributed by atoms with Crippen LogP contribution >= 0.6 is 0 Å². The second kappa shape index (κ2) is 6.68. The number of rotatable bonds is 3. The van der Waals surface area contributed by atoms with Gasteiger partial charge in [0, 0.05) is 17.8 Å².